The van der Waals surface area contributed by atoms with E-state index >= 15 is 0 Å². The lowest BCUT2D eigenvalue weighted by molar-refractivity contribution is -0.0518. The van der Waals surface area contributed by atoms with E-state index in [2.05, 4.69) is 49.6 Å². The summed E-state index contributed by atoms with van der Waals surface area (Å²) in [4.78, 5) is 48.0. The largest absolute Gasteiger partial charge is 0.719 e. The molecule has 1 fully saturated rings. The van der Waals surface area contributed by atoms with Crippen molar-refractivity contribution in [3.63, 3.8) is 0 Å². The van der Waals surface area contributed by atoms with Crippen molar-refractivity contribution < 1.29 is 70.4 Å². The third-order valence-corrected chi connectivity index (χ3v) is 14.6. The van der Waals surface area contributed by atoms with Crippen molar-refractivity contribution in [1.82, 2.24) is 19.9 Å². The highest BCUT2D eigenvalue weighted by Crippen LogP contribution is 2.58. The van der Waals surface area contributed by atoms with E-state index in [1.165, 1.54) is 27.9 Å². The highest BCUT2D eigenvalue weighted by molar-refractivity contribution is 8.77. The van der Waals surface area contributed by atoms with Gasteiger partial charge in [-0.25, -0.2) is 23.9 Å². The molecule has 3 heterocycles. The molecular formula is C27H43N5O15P3S4+. The molecule has 1 saturated heterocycles. The molecule has 0 radical (unpaired) electrons. The van der Waals surface area contributed by atoms with Crippen LogP contribution < -0.4 is 11.1 Å². The van der Waals surface area contributed by atoms with E-state index < -0.39 is 55.0 Å². The Morgan fingerprint density at radius 3 is 2.67 bits per heavy atom. The standard InChI is InChI=1S/C27H42N5O15P3S4/c1-27(2,8-10-33)54-53-17-41-11-4-5-12-42-26(34)29-9-6-7-19-14-32(25-23(19)24(28)30-16-31-25)22-13-20(43-18-52-51-3)21(45-22)15-44-50(39,40)47-48(35)46-49(36,37)38/h14,16,20-22,33H,4-5,8-13,15,17-18H2,1-3H3,(H5-,28,29,30,31,34,36,37,38,39,40)/p+1/t20-,21+,22+/m0/s1. The van der Waals surface area contributed by atoms with E-state index in [0.29, 0.717) is 48.4 Å². The molecule has 1 amide bonds. The number of ether oxygens (including phenoxy) is 4. The van der Waals surface area contributed by atoms with Gasteiger partial charge in [-0.3, -0.25) is 9.42 Å². The Morgan fingerprint density at radius 1 is 1.19 bits per heavy atom. The topological polar surface area (TPSA) is 283 Å². The monoisotopic (exact) mass is 898 g/mol. The van der Waals surface area contributed by atoms with Crippen LogP contribution >= 0.6 is 67.1 Å². The molecule has 0 aromatic carbocycles. The molecule has 2 aromatic rings. The first kappa shape index (κ1) is 47.2. The van der Waals surface area contributed by atoms with Gasteiger partial charge in [-0.1, -0.05) is 55.0 Å². The highest BCUT2D eigenvalue weighted by atomic mass is 33.1. The maximum absolute atomic E-state index is 12.3. The average molecular weight is 899 g/mol. The molecule has 2 aromatic heterocycles. The van der Waals surface area contributed by atoms with Crippen LogP contribution in [-0.4, -0.2) is 108 Å². The third kappa shape index (κ3) is 17.1. The molecule has 27 heteroatoms. The second kappa shape index (κ2) is 23.3. The summed E-state index contributed by atoms with van der Waals surface area (Å²) in [6.45, 7) is 4.35. The lowest BCUT2D eigenvalue weighted by Gasteiger charge is -2.21. The number of nitrogens with one attached hydrogen (secondary N) is 1. The average Bonchev–Trinajstić information content (AvgIpc) is 3.65. The number of carbonyl (C=O) groups excluding carboxylic acids is 1. The molecule has 2 unspecified atom stereocenters. The van der Waals surface area contributed by atoms with Gasteiger partial charge in [0.05, 0.1) is 36.8 Å². The van der Waals surface area contributed by atoms with Crippen molar-refractivity contribution in [3.8, 4) is 11.8 Å². The van der Waals surface area contributed by atoms with Crippen LogP contribution in [0.5, 0.6) is 0 Å². The molecule has 5 atom stereocenters. The van der Waals surface area contributed by atoms with Gasteiger partial charge in [0.1, 0.15) is 42.0 Å². The molecule has 0 aliphatic carbocycles. The number of aliphatic hydroxyl groups is 1. The summed E-state index contributed by atoms with van der Waals surface area (Å²) in [5, 5.41) is 12.1. The molecule has 304 valence electrons. The quantitative estimate of drug-likeness (QED) is 0.0268. The SMILES string of the molecule is CSSCO[C@H]1C[C@H](n2cc(C#CCNC(=O)OCCCCOCSSC(C)(C)CCO)c3c(N)ncnc32)O[C@@H]1COP(=O)(O)O[P+](=O)OP(=O)(O)O. The zero-order valence-corrected chi connectivity index (χ0v) is 35.3. The molecule has 1 aliphatic rings. The lowest BCUT2D eigenvalue weighted by atomic mass is 10.1. The Labute approximate surface area is 328 Å². The molecule has 0 spiro atoms. The van der Waals surface area contributed by atoms with Crippen molar-refractivity contribution in [2.24, 2.45) is 0 Å². The van der Waals surface area contributed by atoms with Crippen molar-refractivity contribution in [2.45, 2.75) is 62.7 Å². The summed E-state index contributed by atoms with van der Waals surface area (Å²) in [5.41, 5.74) is 6.97. The number of alkyl carbamates (subject to hydrolysis) is 1. The number of nitrogen functional groups attached to an aromatic ring is 1. The minimum Gasteiger partial charge on any atom is -0.450 e. The number of hydrogen-bond acceptors (Lipinski definition) is 19. The van der Waals surface area contributed by atoms with Crippen LogP contribution in [0.15, 0.2) is 12.5 Å². The molecule has 7 N–H and O–H groups in total. The van der Waals surface area contributed by atoms with Gasteiger partial charge in [0.15, 0.2) is 0 Å². The van der Waals surface area contributed by atoms with Gasteiger partial charge < -0.3 is 49.5 Å². The molecule has 1 aliphatic heterocycles. The lowest BCUT2D eigenvalue weighted by Crippen LogP contribution is -2.28. The Hall–Kier alpha value is -1.19. The summed E-state index contributed by atoms with van der Waals surface area (Å²) in [7, 11) is -8.01. The van der Waals surface area contributed by atoms with Crippen molar-refractivity contribution >= 4 is 90.0 Å². The van der Waals surface area contributed by atoms with Gasteiger partial charge in [-0.15, -0.1) is 0 Å². The predicted molar refractivity (Wildman–Crippen MR) is 206 cm³/mol. The van der Waals surface area contributed by atoms with Gasteiger partial charge in [-0.05, 0) is 48.0 Å². The van der Waals surface area contributed by atoms with Crippen LogP contribution in [0.1, 0.15) is 51.3 Å². The molecular weight excluding hydrogens is 856 g/mol. The van der Waals surface area contributed by atoms with Crippen molar-refractivity contribution in [3.05, 3.63) is 18.1 Å². The summed E-state index contributed by atoms with van der Waals surface area (Å²) in [6.07, 6.45) is 3.89. The van der Waals surface area contributed by atoms with Crippen LogP contribution in [0.4, 0.5) is 10.6 Å². The Balaban J connectivity index is 1.55. The highest BCUT2D eigenvalue weighted by Gasteiger charge is 2.45. The minimum atomic E-state index is -5.28. The van der Waals surface area contributed by atoms with Crippen LogP contribution in [-0.2, 0) is 45.8 Å². The van der Waals surface area contributed by atoms with Gasteiger partial charge >= 0.3 is 30.0 Å². The van der Waals surface area contributed by atoms with Gasteiger partial charge in [0, 0.05) is 35.1 Å². The zero-order chi connectivity index (χ0) is 39.8. The predicted octanol–water partition coefficient (Wildman–Crippen LogP) is 4.93. The number of aliphatic hydroxyl groups excluding tert-OH is 1. The number of rotatable bonds is 24. The Bertz CT molecular complexity index is 1700. The molecule has 0 bridgehead atoms. The fourth-order valence-corrected chi connectivity index (χ4v) is 9.87. The first-order valence-corrected chi connectivity index (χ1v) is 25.0. The smallest absolute Gasteiger partial charge is 0.450 e. The minimum absolute atomic E-state index is 0.0329. The number of phosphoric ester groups is 1. The Kier molecular flexibility index (Phi) is 20.3. The summed E-state index contributed by atoms with van der Waals surface area (Å²) in [5.74, 6) is 6.68. The van der Waals surface area contributed by atoms with Crippen LogP contribution in [0.2, 0.25) is 0 Å². The molecule has 3 rings (SSSR count). The summed E-state index contributed by atoms with van der Waals surface area (Å²) < 4.78 is 72.1. The number of nitrogens with two attached hydrogens (primary N) is 1. The number of hydrogen-bond donors (Lipinski definition) is 6. The van der Waals surface area contributed by atoms with E-state index in [1.54, 1.807) is 32.4 Å². The van der Waals surface area contributed by atoms with E-state index in [1.807, 2.05) is 6.26 Å². The number of unbranched alkanes of at least 4 members (excludes halogenated alkanes) is 1. The normalized spacial score (nSPS) is 18.9. The number of fused-ring (bicyclic) bond motifs is 1. The zero-order valence-electron chi connectivity index (χ0n) is 29.3. The first-order valence-electron chi connectivity index (χ1n) is 15.9. The maximum Gasteiger partial charge on any atom is 0.719 e. The fourth-order valence-electron chi connectivity index (χ4n) is 4.53. The number of phosphoric acid groups is 2. The third-order valence-electron chi connectivity index (χ3n) is 6.91. The van der Waals surface area contributed by atoms with E-state index in [0.717, 1.165) is 0 Å². The second-order valence-corrected chi connectivity index (χ2v) is 20.9. The van der Waals surface area contributed by atoms with Gasteiger partial charge in [0.2, 0.25) is 0 Å². The van der Waals surface area contributed by atoms with Gasteiger partial charge in [0.25, 0.3) is 0 Å². The Morgan fingerprint density at radius 2 is 1.94 bits per heavy atom. The number of anilines is 1. The van der Waals surface area contributed by atoms with Crippen LogP contribution in [0.25, 0.3) is 11.0 Å². The molecule has 0 saturated carbocycles. The molecule has 54 heavy (non-hydrogen) atoms. The van der Waals surface area contributed by atoms with E-state index in [4.69, 9.17) is 44.1 Å². The number of carbonyl (C=O) groups is 1. The fraction of sp³-hybridized carbons (Fsp3) is 0.667. The van der Waals surface area contributed by atoms with Crippen LogP contribution in [0, 0.1) is 11.8 Å². The van der Waals surface area contributed by atoms with E-state index in [-0.39, 0.29) is 42.7 Å². The number of amides is 1. The number of aromatic nitrogens is 3. The summed E-state index contributed by atoms with van der Waals surface area (Å²) in [6, 6.07) is 0. The second-order valence-electron chi connectivity index (χ2n) is 11.5. The van der Waals surface area contributed by atoms with Crippen LogP contribution in [0.3, 0.4) is 0 Å². The number of nitrogens with zero attached hydrogens (tertiary/aromatic N) is 3. The van der Waals surface area contributed by atoms with Crippen molar-refractivity contribution in [1.29, 1.82) is 0 Å². The van der Waals surface area contributed by atoms with Crippen molar-refractivity contribution in [2.75, 3.05) is 56.8 Å². The first-order chi connectivity index (χ1) is 25.5. The molecule has 20 nitrogen and oxygen atoms in total. The van der Waals surface area contributed by atoms with E-state index in [9.17, 15) is 23.4 Å². The van der Waals surface area contributed by atoms with Gasteiger partial charge in [-0.2, -0.15) is 0 Å². The summed E-state index contributed by atoms with van der Waals surface area (Å²) >= 11 is 0. The maximum atomic E-state index is 12.3.